The average molecular weight is 570 g/mol. The Morgan fingerprint density at radius 1 is 1.08 bits per heavy atom. The van der Waals surface area contributed by atoms with Crippen LogP contribution in [0.3, 0.4) is 0 Å². The van der Waals surface area contributed by atoms with Crippen LogP contribution in [0.1, 0.15) is 96.8 Å². The van der Waals surface area contributed by atoms with E-state index in [1.165, 1.54) is 24.8 Å². The van der Waals surface area contributed by atoms with Gasteiger partial charge in [0, 0.05) is 22.6 Å². The fourth-order valence-corrected chi connectivity index (χ4v) is 5.44. The molecule has 0 fully saturated rings. The van der Waals surface area contributed by atoms with Crippen molar-refractivity contribution in [1.29, 1.82) is 0 Å². The van der Waals surface area contributed by atoms with Gasteiger partial charge in [-0.15, -0.1) is 0 Å². The summed E-state index contributed by atoms with van der Waals surface area (Å²) in [6.45, 7) is 15.3. The van der Waals surface area contributed by atoms with Crippen molar-refractivity contribution in [2.45, 2.75) is 92.5 Å². The Morgan fingerprint density at radius 3 is 2.16 bits per heavy atom. The van der Waals surface area contributed by atoms with Gasteiger partial charge in [-0.05, 0) is 68.5 Å². The van der Waals surface area contributed by atoms with Gasteiger partial charge in [0.15, 0.2) is 0 Å². The van der Waals surface area contributed by atoms with Gasteiger partial charge in [0.2, 0.25) is 1.61 Å². The molecule has 0 aromatic heterocycles. The average Bonchev–Trinajstić information content (AvgIpc) is 2.66. The van der Waals surface area contributed by atoms with Crippen LogP contribution in [0.15, 0.2) is 6.07 Å². The molecule has 1 aromatic carbocycles. The SMILES string of the molecule is CCCCCC1c2c(cc(C(C)(C)C)c(O)c2C(C)(C)C)OC1(I)I. The molecule has 1 unspecified atom stereocenters. The summed E-state index contributed by atoms with van der Waals surface area (Å²) < 4.78 is 6.14. The molecule has 0 bridgehead atoms. The lowest BCUT2D eigenvalue weighted by molar-refractivity contribution is 0.287. The van der Waals surface area contributed by atoms with Crippen molar-refractivity contribution in [3.05, 3.63) is 22.8 Å². The number of benzene rings is 1. The number of aromatic hydroxyl groups is 1. The topological polar surface area (TPSA) is 29.5 Å². The van der Waals surface area contributed by atoms with Gasteiger partial charge in [-0.2, -0.15) is 0 Å². The lowest BCUT2D eigenvalue weighted by Crippen LogP contribution is -2.24. The summed E-state index contributed by atoms with van der Waals surface area (Å²) >= 11 is 4.89. The maximum atomic E-state index is 11.2. The third kappa shape index (κ3) is 4.41. The Morgan fingerprint density at radius 2 is 1.68 bits per heavy atom. The van der Waals surface area contributed by atoms with E-state index in [4.69, 9.17) is 4.74 Å². The van der Waals surface area contributed by atoms with Gasteiger partial charge in [0.25, 0.3) is 0 Å². The van der Waals surface area contributed by atoms with Crippen molar-refractivity contribution in [2.75, 3.05) is 0 Å². The van der Waals surface area contributed by atoms with Crippen molar-refractivity contribution < 1.29 is 9.84 Å². The standard InChI is InChI=1S/C21H32I2O2/c1-8-9-10-11-13-16-15(25-21(13,22)23)12-14(19(2,3)4)18(24)17(16)20(5,6)7/h12-13,24H,8-11H2,1-7H3. The monoisotopic (exact) mass is 570 g/mol. The van der Waals surface area contributed by atoms with E-state index in [1.54, 1.807) is 0 Å². The molecule has 1 N–H and O–H groups in total. The summed E-state index contributed by atoms with van der Waals surface area (Å²) in [6, 6.07) is 2.09. The number of halogens is 2. The highest BCUT2D eigenvalue weighted by atomic mass is 127. The Bertz CT molecular complexity index is 637. The first-order valence-electron chi connectivity index (χ1n) is 9.28. The summed E-state index contributed by atoms with van der Waals surface area (Å²) in [5, 5.41) is 11.2. The van der Waals surface area contributed by atoms with Crippen molar-refractivity contribution in [2.24, 2.45) is 0 Å². The molecular formula is C21H32I2O2. The normalized spacial score (nSPS) is 19.6. The number of rotatable bonds is 4. The first-order valence-corrected chi connectivity index (χ1v) is 11.4. The summed E-state index contributed by atoms with van der Waals surface area (Å²) in [4.78, 5) is 0. The van der Waals surface area contributed by atoms with Crippen LogP contribution in [0, 0.1) is 0 Å². The number of hydrogen-bond donors (Lipinski definition) is 1. The Labute approximate surface area is 180 Å². The Kier molecular flexibility index (Phi) is 6.35. The predicted molar refractivity (Wildman–Crippen MR) is 124 cm³/mol. The lowest BCUT2D eigenvalue weighted by Gasteiger charge is -2.30. The highest BCUT2D eigenvalue weighted by Gasteiger charge is 2.48. The highest BCUT2D eigenvalue weighted by molar-refractivity contribution is 14.2. The van der Waals surface area contributed by atoms with Crippen LogP contribution in [-0.4, -0.2) is 6.72 Å². The molecule has 0 aliphatic carbocycles. The zero-order chi connectivity index (χ0) is 19.2. The highest BCUT2D eigenvalue weighted by Crippen LogP contribution is 2.59. The largest absolute Gasteiger partial charge is 0.507 e. The van der Waals surface area contributed by atoms with Crippen molar-refractivity contribution in [3.8, 4) is 11.5 Å². The Hall–Kier alpha value is 0.280. The van der Waals surface area contributed by atoms with Gasteiger partial charge >= 0.3 is 0 Å². The van der Waals surface area contributed by atoms with Gasteiger partial charge in [-0.1, -0.05) is 67.7 Å². The third-order valence-electron chi connectivity index (χ3n) is 4.96. The molecule has 1 atom stereocenters. The summed E-state index contributed by atoms with van der Waals surface area (Å²) in [6.07, 6.45) is 4.76. The first-order chi connectivity index (χ1) is 11.3. The van der Waals surface area contributed by atoms with E-state index >= 15 is 0 Å². The molecule has 0 saturated carbocycles. The molecule has 2 nitrogen and oxygen atoms in total. The number of fused-ring (bicyclic) bond motifs is 1. The van der Waals surface area contributed by atoms with Crippen molar-refractivity contribution in [1.82, 2.24) is 0 Å². The minimum atomic E-state index is -0.283. The molecule has 0 saturated heterocycles. The molecule has 0 radical (unpaired) electrons. The first kappa shape index (κ1) is 21.6. The summed E-state index contributed by atoms with van der Waals surface area (Å²) in [7, 11) is 0. The van der Waals surface area contributed by atoms with E-state index in [0.29, 0.717) is 11.7 Å². The minimum Gasteiger partial charge on any atom is -0.507 e. The summed E-state index contributed by atoms with van der Waals surface area (Å²) in [5.74, 6) is 1.75. The zero-order valence-corrected chi connectivity index (χ0v) is 20.9. The number of unbranched alkanes of at least 4 members (excludes halogenated alkanes) is 2. The van der Waals surface area contributed by atoms with E-state index < -0.39 is 0 Å². The van der Waals surface area contributed by atoms with Gasteiger partial charge < -0.3 is 9.84 Å². The number of ether oxygens (including phenoxy) is 1. The van der Waals surface area contributed by atoms with Gasteiger partial charge in [0.1, 0.15) is 11.5 Å². The predicted octanol–water partition coefficient (Wildman–Crippen LogP) is 7.57. The summed E-state index contributed by atoms with van der Waals surface area (Å²) in [5.41, 5.74) is 3.04. The van der Waals surface area contributed by atoms with Gasteiger partial charge in [-0.25, -0.2) is 0 Å². The molecule has 1 aromatic rings. The van der Waals surface area contributed by atoms with Gasteiger partial charge in [0.05, 0.1) is 0 Å². The van der Waals surface area contributed by atoms with Crippen LogP contribution >= 0.6 is 45.2 Å². The fourth-order valence-electron chi connectivity index (χ4n) is 3.72. The zero-order valence-electron chi connectivity index (χ0n) is 16.6. The molecule has 2 rings (SSSR count). The maximum absolute atomic E-state index is 11.2. The van der Waals surface area contributed by atoms with E-state index in [1.807, 2.05) is 0 Å². The fraction of sp³-hybridized carbons (Fsp3) is 0.714. The second-order valence-electron chi connectivity index (χ2n) is 9.27. The second-order valence-corrected chi connectivity index (χ2v) is 14.5. The molecule has 1 aliphatic heterocycles. The number of alkyl halides is 2. The third-order valence-corrected chi connectivity index (χ3v) is 6.90. The lowest BCUT2D eigenvalue weighted by atomic mass is 9.74. The van der Waals surface area contributed by atoms with Crippen LogP contribution in [0.5, 0.6) is 11.5 Å². The smallest absolute Gasteiger partial charge is 0.215 e. The number of hydrogen-bond acceptors (Lipinski definition) is 2. The molecule has 142 valence electrons. The molecular weight excluding hydrogens is 538 g/mol. The van der Waals surface area contributed by atoms with E-state index in [2.05, 4.69) is 99.7 Å². The van der Waals surface area contributed by atoms with Crippen LogP contribution in [0.2, 0.25) is 0 Å². The molecule has 1 heterocycles. The molecule has 0 amide bonds. The van der Waals surface area contributed by atoms with Gasteiger partial charge in [-0.3, -0.25) is 0 Å². The maximum Gasteiger partial charge on any atom is 0.215 e. The van der Waals surface area contributed by atoms with Crippen LogP contribution in [0.4, 0.5) is 0 Å². The Balaban J connectivity index is 2.68. The molecule has 1 aliphatic rings. The quantitative estimate of drug-likeness (QED) is 0.230. The molecule has 25 heavy (non-hydrogen) atoms. The van der Waals surface area contributed by atoms with E-state index in [-0.39, 0.29) is 12.4 Å². The number of phenolic OH excluding ortho intramolecular Hbond substituents is 1. The van der Waals surface area contributed by atoms with E-state index in [0.717, 1.165) is 23.3 Å². The van der Waals surface area contributed by atoms with Crippen molar-refractivity contribution in [3.63, 3.8) is 0 Å². The van der Waals surface area contributed by atoms with Crippen LogP contribution in [0.25, 0.3) is 0 Å². The van der Waals surface area contributed by atoms with Crippen LogP contribution < -0.4 is 4.74 Å². The van der Waals surface area contributed by atoms with Crippen molar-refractivity contribution >= 4 is 45.2 Å². The van der Waals surface area contributed by atoms with E-state index in [9.17, 15) is 5.11 Å². The van der Waals surface area contributed by atoms with Crippen LogP contribution in [-0.2, 0) is 10.8 Å². The molecule has 0 spiro atoms. The molecule has 4 heteroatoms. The number of phenols is 1. The second kappa shape index (κ2) is 7.36. The minimum absolute atomic E-state index is 0.123.